The van der Waals surface area contributed by atoms with Crippen LogP contribution in [0.2, 0.25) is 0 Å². The minimum Gasteiger partial charge on any atom is -0.459 e. The minimum atomic E-state index is -1.19. The molecule has 160 valence electrons. The van der Waals surface area contributed by atoms with Gasteiger partial charge in [-0.15, -0.1) is 0 Å². The van der Waals surface area contributed by atoms with Crippen LogP contribution < -0.4 is 16.0 Å². The van der Waals surface area contributed by atoms with E-state index in [0.717, 1.165) is 32.1 Å². The molecular formula is C20H29N3O6. The molecule has 0 spiro atoms. The number of imide groups is 1. The number of urea groups is 1. The van der Waals surface area contributed by atoms with Gasteiger partial charge in [-0.05, 0) is 37.8 Å². The summed E-state index contributed by atoms with van der Waals surface area (Å²) in [4.78, 5) is 48.8. The zero-order valence-electron chi connectivity index (χ0n) is 17.0. The maximum atomic E-state index is 12.5. The molecule has 0 saturated heterocycles. The van der Waals surface area contributed by atoms with Gasteiger partial charge in [-0.25, -0.2) is 9.59 Å². The molecule has 1 saturated carbocycles. The molecule has 1 aliphatic carbocycles. The van der Waals surface area contributed by atoms with Gasteiger partial charge in [0.15, 0.2) is 11.9 Å². The van der Waals surface area contributed by atoms with Gasteiger partial charge in [-0.1, -0.05) is 33.1 Å². The Morgan fingerprint density at radius 1 is 1.10 bits per heavy atom. The number of nitrogens with one attached hydrogen (secondary N) is 3. The van der Waals surface area contributed by atoms with Crippen molar-refractivity contribution < 1.29 is 28.3 Å². The second kappa shape index (κ2) is 10.6. The fourth-order valence-corrected chi connectivity index (χ4v) is 3.10. The smallest absolute Gasteiger partial charge is 0.329 e. The summed E-state index contributed by atoms with van der Waals surface area (Å²) < 4.78 is 10.2. The topological polar surface area (TPSA) is 127 Å². The minimum absolute atomic E-state index is 0.0524. The van der Waals surface area contributed by atoms with Crippen LogP contribution in [-0.4, -0.2) is 42.0 Å². The summed E-state index contributed by atoms with van der Waals surface area (Å²) in [6, 6.07) is 1.51. The molecule has 1 fully saturated rings. The van der Waals surface area contributed by atoms with Gasteiger partial charge in [0.2, 0.25) is 0 Å². The third-order valence-electron chi connectivity index (χ3n) is 4.79. The second-order valence-corrected chi connectivity index (χ2v) is 7.55. The van der Waals surface area contributed by atoms with E-state index in [1.54, 1.807) is 19.9 Å². The summed E-state index contributed by atoms with van der Waals surface area (Å²) >= 11 is 0. The van der Waals surface area contributed by atoms with Crippen LogP contribution in [0, 0.1) is 5.92 Å². The molecule has 0 aliphatic heterocycles. The number of esters is 1. The second-order valence-electron chi connectivity index (χ2n) is 7.55. The molecule has 0 aromatic carbocycles. The molecule has 0 bridgehead atoms. The molecule has 2 atom stereocenters. The predicted octanol–water partition coefficient (Wildman–Crippen LogP) is 2.12. The Bertz CT molecular complexity index is 710. The first-order chi connectivity index (χ1) is 13.8. The summed E-state index contributed by atoms with van der Waals surface area (Å²) in [5.41, 5.74) is 0. The Labute approximate surface area is 169 Å². The summed E-state index contributed by atoms with van der Waals surface area (Å²) in [7, 11) is 0. The van der Waals surface area contributed by atoms with Gasteiger partial charge in [-0.2, -0.15) is 0 Å². The van der Waals surface area contributed by atoms with E-state index in [2.05, 4.69) is 16.0 Å². The molecule has 1 aliphatic rings. The summed E-state index contributed by atoms with van der Waals surface area (Å²) in [5, 5.41) is 7.50. The predicted molar refractivity (Wildman–Crippen MR) is 104 cm³/mol. The van der Waals surface area contributed by atoms with E-state index in [4.69, 9.17) is 9.15 Å². The van der Waals surface area contributed by atoms with Crippen LogP contribution in [0.15, 0.2) is 22.8 Å². The molecular weight excluding hydrogens is 378 g/mol. The maximum Gasteiger partial charge on any atom is 0.329 e. The zero-order chi connectivity index (χ0) is 21.4. The van der Waals surface area contributed by atoms with Crippen LogP contribution in [0.3, 0.4) is 0 Å². The molecule has 0 unspecified atom stereocenters. The van der Waals surface area contributed by atoms with E-state index < -0.39 is 36.0 Å². The van der Waals surface area contributed by atoms with Crippen LogP contribution in [0.25, 0.3) is 0 Å². The van der Waals surface area contributed by atoms with Crippen molar-refractivity contribution in [1.82, 2.24) is 16.0 Å². The zero-order valence-corrected chi connectivity index (χ0v) is 17.0. The number of amides is 4. The van der Waals surface area contributed by atoms with Crippen molar-refractivity contribution in [3.63, 3.8) is 0 Å². The Balaban J connectivity index is 1.84. The number of rotatable bonds is 7. The normalized spacial score (nSPS) is 16.6. The van der Waals surface area contributed by atoms with Gasteiger partial charge in [0.25, 0.3) is 11.8 Å². The first-order valence-electron chi connectivity index (χ1n) is 9.94. The first-order valence-corrected chi connectivity index (χ1v) is 9.94. The van der Waals surface area contributed by atoms with Crippen LogP contribution in [-0.2, 0) is 14.3 Å². The average Bonchev–Trinajstić information content (AvgIpc) is 3.21. The molecule has 0 radical (unpaired) electrons. The molecule has 1 aromatic rings. The SMILES string of the molecule is CC(C)[C@H](NC(=O)c1ccco1)C(=O)O[C@H](C)C(=O)NC(=O)NC1CCCCC1. The highest BCUT2D eigenvalue weighted by atomic mass is 16.5. The fourth-order valence-electron chi connectivity index (χ4n) is 3.10. The van der Waals surface area contributed by atoms with Gasteiger partial charge < -0.3 is 19.8 Å². The Morgan fingerprint density at radius 2 is 1.79 bits per heavy atom. The van der Waals surface area contributed by atoms with Crippen LogP contribution in [0.1, 0.15) is 63.4 Å². The lowest BCUT2D eigenvalue weighted by molar-refractivity contribution is -0.157. The van der Waals surface area contributed by atoms with E-state index in [1.165, 1.54) is 19.3 Å². The van der Waals surface area contributed by atoms with Crippen molar-refractivity contribution in [2.24, 2.45) is 5.92 Å². The summed E-state index contributed by atoms with van der Waals surface area (Å²) in [6.45, 7) is 4.83. The van der Waals surface area contributed by atoms with Crippen molar-refractivity contribution in [1.29, 1.82) is 0 Å². The highest BCUT2D eigenvalue weighted by Crippen LogP contribution is 2.17. The highest BCUT2D eigenvalue weighted by Gasteiger charge is 2.30. The van der Waals surface area contributed by atoms with Crippen LogP contribution in [0.5, 0.6) is 0 Å². The average molecular weight is 407 g/mol. The number of carbonyl (C=O) groups excluding carboxylic acids is 4. The third-order valence-corrected chi connectivity index (χ3v) is 4.79. The van der Waals surface area contributed by atoms with Gasteiger partial charge in [0.05, 0.1) is 6.26 Å². The van der Waals surface area contributed by atoms with Crippen molar-refractivity contribution in [3.8, 4) is 0 Å². The molecule has 9 nitrogen and oxygen atoms in total. The van der Waals surface area contributed by atoms with E-state index >= 15 is 0 Å². The van der Waals surface area contributed by atoms with Crippen molar-refractivity contribution in [2.45, 2.75) is 71.1 Å². The third kappa shape index (κ3) is 6.92. The van der Waals surface area contributed by atoms with E-state index in [9.17, 15) is 19.2 Å². The number of ether oxygens (including phenoxy) is 1. The van der Waals surface area contributed by atoms with E-state index in [0.29, 0.717) is 0 Å². The molecule has 4 amide bonds. The van der Waals surface area contributed by atoms with Gasteiger partial charge >= 0.3 is 12.0 Å². The Kier molecular flexibility index (Phi) is 8.23. The fraction of sp³-hybridized carbons (Fsp3) is 0.600. The standard InChI is InChI=1S/C20H29N3O6/c1-12(2)16(22-18(25)15-10-7-11-28-15)19(26)29-13(3)17(24)23-20(27)21-14-8-5-4-6-9-14/h7,10-14,16H,4-6,8-9H2,1-3H3,(H,22,25)(H2,21,23,24,27)/t13-,16+/m1/s1. The quantitative estimate of drug-likeness (QED) is 0.594. The van der Waals surface area contributed by atoms with Crippen molar-refractivity contribution >= 4 is 23.8 Å². The summed E-state index contributed by atoms with van der Waals surface area (Å²) in [5.74, 6) is -2.28. The van der Waals surface area contributed by atoms with Gasteiger partial charge in [0.1, 0.15) is 6.04 Å². The number of furan rings is 1. The summed E-state index contributed by atoms with van der Waals surface area (Å²) in [6.07, 6.45) is 5.18. The largest absolute Gasteiger partial charge is 0.459 e. The monoisotopic (exact) mass is 407 g/mol. The molecule has 3 N–H and O–H groups in total. The van der Waals surface area contributed by atoms with E-state index in [-0.39, 0.29) is 17.7 Å². The molecule has 1 aromatic heterocycles. The Hall–Kier alpha value is -2.84. The van der Waals surface area contributed by atoms with Crippen LogP contribution in [0.4, 0.5) is 4.79 Å². The molecule has 29 heavy (non-hydrogen) atoms. The number of carbonyl (C=O) groups is 4. The molecule has 9 heteroatoms. The number of hydrogen-bond acceptors (Lipinski definition) is 6. The van der Waals surface area contributed by atoms with Gasteiger partial charge in [-0.3, -0.25) is 14.9 Å². The lowest BCUT2D eigenvalue weighted by Crippen LogP contribution is -2.50. The highest BCUT2D eigenvalue weighted by molar-refractivity contribution is 5.98. The lowest BCUT2D eigenvalue weighted by atomic mass is 9.96. The number of hydrogen-bond donors (Lipinski definition) is 3. The van der Waals surface area contributed by atoms with Gasteiger partial charge in [0, 0.05) is 6.04 Å². The maximum absolute atomic E-state index is 12.5. The van der Waals surface area contributed by atoms with Crippen molar-refractivity contribution in [2.75, 3.05) is 0 Å². The first kappa shape index (κ1) is 22.4. The molecule has 1 heterocycles. The van der Waals surface area contributed by atoms with Crippen molar-refractivity contribution in [3.05, 3.63) is 24.2 Å². The van der Waals surface area contributed by atoms with E-state index in [1.807, 2.05) is 0 Å². The molecule has 2 rings (SSSR count). The lowest BCUT2D eigenvalue weighted by Gasteiger charge is -2.24. The van der Waals surface area contributed by atoms with Crippen LogP contribution >= 0.6 is 0 Å². The Morgan fingerprint density at radius 3 is 2.38 bits per heavy atom.